The first-order chi connectivity index (χ1) is 15.0. The third-order valence-corrected chi connectivity index (χ3v) is 6.74. The molecule has 0 saturated carbocycles. The van der Waals surface area contributed by atoms with E-state index in [1.54, 1.807) is 4.90 Å². The molecular weight excluding hydrogens is 392 g/mol. The minimum atomic E-state index is -0.473. The van der Waals surface area contributed by atoms with Crippen molar-refractivity contribution in [2.45, 2.75) is 57.9 Å². The second-order valence-corrected chi connectivity index (χ2v) is 9.06. The number of fused-ring (bicyclic) bond motifs is 2. The van der Waals surface area contributed by atoms with Crippen LogP contribution in [0.25, 0.3) is 0 Å². The van der Waals surface area contributed by atoms with Crippen molar-refractivity contribution in [3.05, 3.63) is 29.3 Å². The molecule has 3 aliphatic rings. The highest BCUT2D eigenvalue weighted by Crippen LogP contribution is 2.32. The minimum Gasteiger partial charge on any atom is -0.353 e. The molecule has 3 amide bonds. The van der Waals surface area contributed by atoms with E-state index < -0.39 is 6.04 Å². The summed E-state index contributed by atoms with van der Waals surface area (Å²) in [4.78, 5) is 45.0. The molecule has 3 heterocycles. The standard InChI is InChI=1S/C24H34N4O3/c1-18-9-10-20-19(16-18)23(30)27-14-7-4-8-21(27)24(31)28(20)17-22(29)25-11-15-26-12-5-2-3-6-13-26/h9-10,16,21H,2-8,11-15,17H2,1H3,(H,25,29). The quantitative estimate of drug-likeness (QED) is 0.784. The van der Waals surface area contributed by atoms with Crippen LogP contribution in [-0.4, -0.2) is 72.8 Å². The summed E-state index contributed by atoms with van der Waals surface area (Å²) < 4.78 is 0. The monoisotopic (exact) mass is 426 g/mol. The Morgan fingerprint density at radius 3 is 2.55 bits per heavy atom. The third kappa shape index (κ3) is 4.92. The number of nitrogens with zero attached hydrogens (tertiary/aromatic N) is 3. The number of likely N-dealkylation sites (tertiary alicyclic amines) is 1. The lowest BCUT2D eigenvalue weighted by Crippen LogP contribution is -2.52. The fraction of sp³-hybridized carbons (Fsp3) is 0.625. The van der Waals surface area contributed by atoms with E-state index in [-0.39, 0.29) is 24.3 Å². The van der Waals surface area contributed by atoms with Gasteiger partial charge in [-0.15, -0.1) is 0 Å². The molecule has 4 rings (SSSR count). The van der Waals surface area contributed by atoms with Gasteiger partial charge in [-0.1, -0.05) is 24.5 Å². The van der Waals surface area contributed by atoms with Gasteiger partial charge in [0, 0.05) is 19.6 Å². The van der Waals surface area contributed by atoms with Crippen LogP contribution in [0.3, 0.4) is 0 Å². The number of nitrogens with one attached hydrogen (secondary N) is 1. The van der Waals surface area contributed by atoms with Gasteiger partial charge < -0.3 is 20.0 Å². The van der Waals surface area contributed by atoms with Crippen LogP contribution in [0, 0.1) is 6.92 Å². The van der Waals surface area contributed by atoms with Crippen molar-refractivity contribution in [2.75, 3.05) is 44.2 Å². The molecule has 0 spiro atoms. The molecule has 1 aromatic carbocycles. The van der Waals surface area contributed by atoms with Crippen molar-refractivity contribution in [1.82, 2.24) is 15.1 Å². The molecule has 7 heteroatoms. The summed E-state index contributed by atoms with van der Waals surface area (Å²) in [5.74, 6) is -0.412. The molecule has 3 aliphatic heterocycles. The van der Waals surface area contributed by atoms with E-state index in [9.17, 15) is 14.4 Å². The maximum Gasteiger partial charge on any atom is 0.256 e. The van der Waals surface area contributed by atoms with Gasteiger partial charge in [0.25, 0.3) is 5.91 Å². The number of carbonyl (C=O) groups is 3. The van der Waals surface area contributed by atoms with Crippen LogP contribution in [0.2, 0.25) is 0 Å². The Kier molecular flexibility index (Phi) is 6.90. The summed E-state index contributed by atoms with van der Waals surface area (Å²) in [5.41, 5.74) is 2.05. The topological polar surface area (TPSA) is 73.0 Å². The Morgan fingerprint density at radius 2 is 1.77 bits per heavy atom. The van der Waals surface area contributed by atoms with Crippen molar-refractivity contribution in [1.29, 1.82) is 0 Å². The lowest BCUT2D eigenvalue weighted by atomic mass is 10.0. The average molecular weight is 427 g/mol. The molecular formula is C24H34N4O3. The summed E-state index contributed by atoms with van der Waals surface area (Å²) in [6.07, 6.45) is 7.51. The Bertz CT molecular complexity index is 832. The Morgan fingerprint density at radius 1 is 1.03 bits per heavy atom. The van der Waals surface area contributed by atoms with Gasteiger partial charge in [0.15, 0.2) is 0 Å². The maximum atomic E-state index is 13.4. The van der Waals surface area contributed by atoms with Crippen molar-refractivity contribution in [2.24, 2.45) is 0 Å². The number of rotatable bonds is 5. The van der Waals surface area contributed by atoms with Gasteiger partial charge in [-0.2, -0.15) is 0 Å². The van der Waals surface area contributed by atoms with Crippen LogP contribution >= 0.6 is 0 Å². The smallest absolute Gasteiger partial charge is 0.256 e. The van der Waals surface area contributed by atoms with E-state index in [4.69, 9.17) is 0 Å². The molecule has 1 unspecified atom stereocenters. The van der Waals surface area contributed by atoms with E-state index in [0.717, 1.165) is 38.0 Å². The zero-order valence-electron chi connectivity index (χ0n) is 18.6. The lowest BCUT2D eigenvalue weighted by Gasteiger charge is -2.34. The fourth-order valence-corrected chi connectivity index (χ4v) is 5.02. The van der Waals surface area contributed by atoms with Crippen molar-refractivity contribution >= 4 is 23.4 Å². The first-order valence-corrected chi connectivity index (χ1v) is 11.8. The molecule has 168 valence electrons. The normalized spacial score (nSPS) is 22.4. The van der Waals surface area contributed by atoms with Gasteiger partial charge in [0.2, 0.25) is 11.8 Å². The zero-order chi connectivity index (χ0) is 21.8. The van der Waals surface area contributed by atoms with Crippen LogP contribution in [0.15, 0.2) is 18.2 Å². The molecule has 2 fully saturated rings. The number of hydrogen-bond donors (Lipinski definition) is 1. The predicted molar refractivity (Wildman–Crippen MR) is 120 cm³/mol. The predicted octanol–water partition coefficient (Wildman–Crippen LogP) is 2.33. The van der Waals surface area contributed by atoms with Gasteiger partial charge in [0.1, 0.15) is 12.6 Å². The zero-order valence-corrected chi connectivity index (χ0v) is 18.6. The third-order valence-electron chi connectivity index (χ3n) is 6.74. The second-order valence-electron chi connectivity index (χ2n) is 9.06. The SMILES string of the molecule is Cc1ccc2c(c1)C(=O)N1CCCCC1C(=O)N2CC(=O)NCCN1CCCCCC1. The lowest BCUT2D eigenvalue weighted by molar-refractivity contribution is -0.126. The molecule has 0 aromatic heterocycles. The number of anilines is 1. The van der Waals surface area contributed by atoms with Crippen molar-refractivity contribution < 1.29 is 14.4 Å². The van der Waals surface area contributed by atoms with Crippen LogP contribution in [0.5, 0.6) is 0 Å². The molecule has 1 atom stereocenters. The Balaban J connectivity index is 1.46. The van der Waals surface area contributed by atoms with E-state index in [2.05, 4.69) is 10.2 Å². The molecule has 1 N–H and O–H groups in total. The molecule has 0 bridgehead atoms. The van der Waals surface area contributed by atoms with Crippen LogP contribution in [-0.2, 0) is 9.59 Å². The summed E-state index contributed by atoms with van der Waals surface area (Å²) in [5, 5.41) is 2.99. The van der Waals surface area contributed by atoms with Gasteiger partial charge in [0.05, 0.1) is 11.3 Å². The number of amides is 3. The minimum absolute atomic E-state index is 0.0491. The first kappa shape index (κ1) is 21.8. The van der Waals surface area contributed by atoms with Crippen LogP contribution in [0.1, 0.15) is 60.9 Å². The molecule has 7 nitrogen and oxygen atoms in total. The maximum absolute atomic E-state index is 13.4. The van der Waals surface area contributed by atoms with E-state index in [1.165, 1.54) is 30.6 Å². The number of aryl methyl sites for hydroxylation is 1. The molecule has 2 saturated heterocycles. The highest BCUT2D eigenvalue weighted by atomic mass is 16.2. The van der Waals surface area contributed by atoms with Crippen molar-refractivity contribution in [3.8, 4) is 0 Å². The molecule has 31 heavy (non-hydrogen) atoms. The average Bonchev–Trinajstić information content (AvgIpc) is 3.08. The van der Waals surface area contributed by atoms with Gasteiger partial charge in [-0.3, -0.25) is 14.4 Å². The first-order valence-electron chi connectivity index (χ1n) is 11.8. The number of piperidine rings is 1. The molecule has 1 aromatic rings. The summed E-state index contributed by atoms with van der Waals surface area (Å²) in [7, 11) is 0. The Labute approximate surface area is 184 Å². The van der Waals surface area contributed by atoms with E-state index in [0.29, 0.717) is 30.8 Å². The van der Waals surface area contributed by atoms with Crippen LogP contribution < -0.4 is 10.2 Å². The molecule has 0 radical (unpaired) electrons. The number of carbonyl (C=O) groups excluding carboxylic acids is 3. The van der Waals surface area contributed by atoms with E-state index in [1.807, 2.05) is 25.1 Å². The fourth-order valence-electron chi connectivity index (χ4n) is 5.02. The highest BCUT2D eigenvalue weighted by molar-refractivity contribution is 6.12. The number of benzene rings is 1. The van der Waals surface area contributed by atoms with Gasteiger partial charge >= 0.3 is 0 Å². The second kappa shape index (κ2) is 9.81. The van der Waals surface area contributed by atoms with Gasteiger partial charge in [-0.25, -0.2) is 0 Å². The van der Waals surface area contributed by atoms with Gasteiger partial charge in [-0.05, 0) is 64.3 Å². The Hall–Kier alpha value is -2.41. The highest BCUT2D eigenvalue weighted by Gasteiger charge is 2.41. The summed E-state index contributed by atoms with van der Waals surface area (Å²) >= 11 is 0. The largest absolute Gasteiger partial charge is 0.353 e. The summed E-state index contributed by atoms with van der Waals surface area (Å²) in [6.45, 7) is 6.08. The van der Waals surface area contributed by atoms with E-state index >= 15 is 0 Å². The molecule has 0 aliphatic carbocycles. The van der Waals surface area contributed by atoms with Crippen molar-refractivity contribution in [3.63, 3.8) is 0 Å². The van der Waals surface area contributed by atoms with Crippen LogP contribution in [0.4, 0.5) is 5.69 Å². The number of hydrogen-bond acceptors (Lipinski definition) is 4. The summed E-state index contributed by atoms with van der Waals surface area (Å²) in [6, 6.07) is 5.07.